The number of carbonyl (C=O) groups excluding carboxylic acids is 1. The van der Waals surface area contributed by atoms with Gasteiger partial charge in [-0.2, -0.15) is 8.42 Å². The highest BCUT2D eigenvalue weighted by Gasteiger charge is 2.12. The molecule has 17 heavy (non-hydrogen) atoms. The van der Waals surface area contributed by atoms with E-state index in [1.807, 2.05) is 25.1 Å². The number of benzene rings is 1. The first-order valence-corrected chi connectivity index (χ1v) is 6.80. The first kappa shape index (κ1) is 13.6. The molecule has 0 unspecified atom stereocenters. The van der Waals surface area contributed by atoms with Crippen LogP contribution < -0.4 is 14.4 Å². The molecular weight excluding hydrogens is 268 g/mol. The van der Waals surface area contributed by atoms with Crippen molar-refractivity contribution in [2.24, 2.45) is 0 Å². The van der Waals surface area contributed by atoms with Crippen molar-refractivity contribution in [1.29, 1.82) is 0 Å². The second-order valence-corrected chi connectivity index (χ2v) is 5.62. The minimum absolute atomic E-state index is 0.217. The molecular formula is C9H11ClN2O4S. The second kappa shape index (κ2) is 5.24. The van der Waals surface area contributed by atoms with Gasteiger partial charge in [0.25, 0.3) is 0 Å². The van der Waals surface area contributed by atoms with Crippen molar-refractivity contribution in [1.82, 2.24) is 4.72 Å². The zero-order valence-corrected chi connectivity index (χ0v) is 10.7. The standard InChI is InChI=1S/C9H11ClN2O4S/c1-12(2)7-4-3-5-8(6-7)16-9(13)11-17(10,14)15/h3-6H,1-2H3,(H,11,13). The second-order valence-electron chi connectivity index (χ2n) is 3.32. The lowest BCUT2D eigenvalue weighted by atomic mass is 10.3. The largest absolute Gasteiger partial charge is 0.427 e. The van der Waals surface area contributed by atoms with Crippen LogP contribution >= 0.6 is 10.7 Å². The van der Waals surface area contributed by atoms with Crippen molar-refractivity contribution in [3.8, 4) is 5.75 Å². The lowest BCUT2D eigenvalue weighted by molar-refractivity contribution is 0.207. The third-order valence-corrected chi connectivity index (χ3v) is 2.39. The zero-order chi connectivity index (χ0) is 13.1. The van der Waals surface area contributed by atoms with Gasteiger partial charge in [-0.1, -0.05) is 6.07 Å². The van der Waals surface area contributed by atoms with E-state index >= 15 is 0 Å². The molecule has 0 radical (unpaired) electrons. The molecule has 1 aromatic carbocycles. The summed E-state index contributed by atoms with van der Waals surface area (Å²) in [7, 11) is 4.34. The van der Waals surface area contributed by atoms with Crippen molar-refractivity contribution in [3.63, 3.8) is 0 Å². The number of hydrogen-bond donors (Lipinski definition) is 1. The van der Waals surface area contributed by atoms with Gasteiger partial charge < -0.3 is 9.64 Å². The van der Waals surface area contributed by atoms with E-state index < -0.39 is 15.3 Å². The van der Waals surface area contributed by atoms with Crippen molar-refractivity contribution in [2.75, 3.05) is 19.0 Å². The van der Waals surface area contributed by atoms with Crippen molar-refractivity contribution >= 4 is 31.7 Å². The Morgan fingerprint density at radius 3 is 2.59 bits per heavy atom. The molecule has 0 aliphatic heterocycles. The molecule has 8 heteroatoms. The van der Waals surface area contributed by atoms with E-state index in [4.69, 9.17) is 15.4 Å². The molecule has 0 aliphatic rings. The van der Waals surface area contributed by atoms with E-state index in [9.17, 15) is 13.2 Å². The van der Waals surface area contributed by atoms with Crippen LogP contribution in [0.2, 0.25) is 0 Å². The molecule has 0 fully saturated rings. The molecule has 0 aromatic heterocycles. The minimum Gasteiger partial charge on any atom is -0.410 e. The molecule has 0 atom stereocenters. The first-order chi connectivity index (χ1) is 7.78. The average molecular weight is 279 g/mol. The van der Waals surface area contributed by atoms with Crippen molar-refractivity contribution < 1.29 is 17.9 Å². The summed E-state index contributed by atoms with van der Waals surface area (Å²) in [5.74, 6) is 0.217. The van der Waals surface area contributed by atoms with Crippen LogP contribution in [0.25, 0.3) is 0 Å². The maximum Gasteiger partial charge on any atom is 0.427 e. The molecule has 1 N–H and O–H groups in total. The van der Waals surface area contributed by atoms with Crippen LogP contribution in [0, 0.1) is 0 Å². The number of nitrogens with zero attached hydrogens (tertiary/aromatic N) is 1. The summed E-state index contributed by atoms with van der Waals surface area (Å²) in [4.78, 5) is 12.9. The lowest BCUT2D eigenvalue weighted by Gasteiger charge is -2.13. The highest BCUT2D eigenvalue weighted by Crippen LogP contribution is 2.19. The number of amides is 1. The Morgan fingerprint density at radius 2 is 2.06 bits per heavy atom. The molecule has 1 rings (SSSR count). The number of carbonyl (C=O) groups is 1. The van der Waals surface area contributed by atoms with Gasteiger partial charge in [-0.15, -0.1) is 0 Å². The van der Waals surface area contributed by atoms with Gasteiger partial charge in [0, 0.05) is 36.5 Å². The average Bonchev–Trinajstić information content (AvgIpc) is 2.14. The Hall–Kier alpha value is -1.47. The van der Waals surface area contributed by atoms with E-state index in [2.05, 4.69) is 0 Å². The smallest absolute Gasteiger partial charge is 0.410 e. The summed E-state index contributed by atoms with van der Waals surface area (Å²) in [6.45, 7) is 0. The maximum absolute atomic E-state index is 11.1. The third kappa shape index (κ3) is 4.92. The van der Waals surface area contributed by atoms with Crippen molar-refractivity contribution in [3.05, 3.63) is 24.3 Å². The predicted octanol–water partition coefficient (Wildman–Crippen LogP) is 1.32. The van der Waals surface area contributed by atoms with Gasteiger partial charge in [-0.05, 0) is 12.1 Å². The number of hydrogen-bond acceptors (Lipinski definition) is 5. The molecule has 0 spiro atoms. The highest BCUT2D eigenvalue weighted by atomic mass is 35.7. The van der Waals surface area contributed by atoms with Gasteiger partial charge in [-0.3, -0.25) is 0 Å². The maximum atomic E-state index is 11.1. The first-order valence-electron chi connectivity index (χ1n) is 4.49. The Morgan fingerprint density at radius 1 is 1.41 bits per heavy atom. The Balaban J connectivity index is 2.75. The van der Waals surface area contributed by atoms with Crippen LogP contribution in [0.4, 0.5) is 10.5 Å². The number of halogens is 1. The number of rotatable bonds is 3. The summed E-state index contributed by atoms with van der Waals surface area (Å²) in [5, 5.41) is 0. The van der Waals surface area contributed by atoms with Gasteiger partial charge in [0.05, 0.1) is 0 Å². The number of anilines is 1. The summed E-state index contributed by atoms with van der Waals surface area (Å²) < 4.78 is 27.3. The van der Waals surface area contributed by atoms with Gasteiger partial charge >= 0.3 is 15.3 Å². The fraction of sp³-hybridized carbons (Fsp3) is 0.222. The molecule has 0 heterocycles. The number of ether oxygens (including phenoxy) is 1. The van der Waals surface area contributed by atoms with Crippen LogP contribution in [-0.4, -0.2) is 28.6 Å². The molecule has 0 saturated heterocycles. The Bertz CT molecular complexity index is 515. The van der Waals surface area contributed by atoms with Crippen LogP contribution in [-0.2, 0) is 9.24 Å². The summed E-state index contributed by atoms with van der Waals surface area (Å²) in [6, 6.07) is 6.59. The fourth-order valence-electron chi connectivity index (χ4n) is 1.05. The van der Waals surface area contributed by atoms with Gasteiger partial charge in [0.2, 0.25) is 0 Å². The Labute approximate surface area is 104 Å². The van der Waals surface area contributed by atoms with Gasteiger partial charge in [0.15, 0.2) is 0 Å². The third-order valence-electron chi connectivity index (χ3n) is 1.75. The molecule has 6 nitrogen and oxygen atoms in total. The summed E-state index contributed by atoms with van der Waals surface area (Å²) >= 11 is 0. The highest BCUT2D eigenvalue weighted by molar-refractivity contribution is 8.12. The Kier molecular flexibility index (Phi) is 4.19. The van der Waals surface area contributed by atoms with Gasteiger partial charge in [0.1, 0.15) is 5.75 Å². The zero-order valence-electron chi connectivity index (χ0n) is 9.18. The fourth-order valence-corrected chi connectivity index (χ4v) is 1.48. The van der Waals surface area contributed by atoms with E-state index in [1.165, 1.54) is 10.8 Å². The monoisotopic (exact) mass is 278 g/mol. The van der Waals surface area contributed by atoms with E-state index in [0.29, 0.717) is 0 Å². The molecule has 94 valence electrons. The van der Waals surface area contributed by atoms with Crippen LogP contribution in [0.5, 0.6) is 5.75 Å². The molecule has 0 aliphatic carbocycles. The van der Waals surface area contributed by atoms with E-state index in [-0.39, 0.29) is 5.75 Å². The number of nitrogens with one attached hydrogen (secondary N) is 1. The van der Waals surface area contributed by atoms with Crippen LogP contribution in [0.3, 0.4) is 0 Å². The molecule has 1 aromatic rings. The summed E-state index contributed by atoms with van der Waals surface area (Å²) in [5.41, 5.74) is 0.809. The van der Waals surface area contributed by atoms with Gasteiger partial charge in [-0.25, -0.2) is 9.52 Å². The molecule has 0 saturated carbocycles. The van der Waals surface area contributed by atoms with Crippen LogP contribution in [0.1, 0.15) is 0 Å². The van der Waals surface area contributed by atoms with Crippen LogP contribution in [0.15, 0.2) is 24.3 Å². The van der Waals surface area contributed by atoms with Crippen molar-refractivity contribution in [2.45, 2.75) is 0 Å². The van der Waals surface area contributed by atoms with E-state index in [1.54, 1.807) is 12.1 Å². The summed E-state index contributed by atoms with van der Waals surface area (Å²) in [6.07, 6.45) is -1.16. The SMILES string of the molecule is CN(C)c1cccc(OC(=O)NS(=O)(=O)Cl)c1. The minimum atomic E-state index is -4.13. The molecule has 0 bridgehead atoms. The lowest BCUT2D eigenvalue weighted by Crippen LogP contribution is -2.29. The quantitative estimate of drug-likeness (QED) is 0.844. The predicted molar refractivity (Wildman–Crippen MR) is 64.7 cm³/mol. The normalized spacial score (nSPS) is 10.8. The topological polar surface area (TPSA) is 75.7 Å². The molecule has 1 amide bonds. The van der Waals surface area contributed by atoms with E-state index in [0.717, 1.165) is 5.69 Å².